The van der Waals surface area contributed by atoms with E-state index in [2.05, 4.69) is 4.90 Å². The number of rotatable bonds is 1. The third-order valence-electron chi connectivity index (χ3n) is 4.16. The van der Waals surface area contributed by atoms with Gasteiger partial charge in [0.2, 0.25) is 0 Å². The smallest absolute Gasteiger partial charge is 0.368 e. The van der Waals surface area contributed by atoms with Crippen LogP contribution in [0.3, 0.4) is 0 Å². The van der Waals surface area contributed by atoms with Crippen LogP contribution < -0.4 is 4.90 Å². The molecule has 20 heavy (non-hydrogen) atoms. The zero-order valence-corrected chi connectivity index (χ0v) is 12.3. The lowest BCUT2D eigenvalue weighted by molar-refractivity contribution is -0.137. The molecule has 1 aromatic rings. The van der Waals surface area contributed by atoms with Gasteiger partial charge in [0.1, 0.15) is 0 Å². The zero-order chi connectivity index (χ0) is 15.1. The van der Waals surface area contributed by atoms with Crippen LogP contribution in [-0.4, -0.2) is 37.1 Å². The van der Waals surface area contributed by atoms with Crippen molar-refractivity contribution in [2.45, 2.75) is 39.0 Å². The van der Waals surface area contributed by atoms with Crippen molar-refractivity contribution in [3.05, 3.63) is 29.3 Å². The van der Waals surface area contributed by atoms with Crippen LogP contribution in [0.15, 0.2) is 18.2 Å². The fourth-order valence-corrected chi connectivity index (χ4v) is 2.75. The van der Waals surface area contributed by atoms with Gasteiger partial charge in [0.15, 0.2) is 0 Å². The highest BCUT2D eigenvalue weighted by Gasteiger charge is 2.37. The van der Waals surface area contributed by atoms with Gasteiger partial charge in [-0.05, 0) is 40.0 Å². The van der Waals surface area contributed by atoms with Gasteiger partial charge in [0, 0.05) is 30.9 Å². The fraction of sp³-hybridized carbons (Fsp3) is 0.600. The largest absolute Gasteiger partial charge is 0.418 e. The summed E-state index contributed by atoms with van der Waals surface area (Å²) < 4.78 is 39.7. The maximum absolute atomic E-state index is 13.2. The number of aryl methyl sites for hydroxylation is 1. The van der Waals surface area contributed by atoms with Gasteiger partial charge in [-0.25, -0.2) is 0 Å². The Balaban J connectivity index is 2.38. The van der Waals surface area contributed by atoms with Crippen molar-refractivity contribution in [2.24, 2.45) is 0 Å². The normalized spacial score (nSPS) is 25.1. The summed E-state index contributed by atoms with van der Waals surface area (Å²) in [4.78, 5) is 4.07. The molecule has 0 spiro atoms. The molecule has 0 N–H and O–H groups in total. The number of benzene rings is 1. The Hall–Kier alpha value is -1.23. The van der Waals surface area contributed by atoms with Crippen LogP contribution in [0.25, 0.3) is 0 Å². The first kappa shape index (κ1) is 15.2. The molecule has 2 rings (SSSR count). The lowest BCUT2D eigenvalue weighted by Gasteiger charge is -2.44. The van der Waals surface area contributed by atoms with E-state index >= 15 is 0 Å². The van der Waals surface area contributed by atoms with E-state index in [0.717, 1.165) is 0 Å². The quantitative estimate of drug-likeness (QED) is 0.779. The minimum absolute atomic E-state index is 0.237. The number of likely N-dealkylation sites (N-methyl/N-ethyl adjacent to an activating group) is 1. The molecule has 0 aliphatic carbocycles. The molecular formula is C15H21F3N2. The lowest BCUT2D eigenvalue weighted by atomic mass is 10.0. The average Bonchev–Trinajstić information content (AvgIpc) is 2.34. The van der Waals surface area contributed by atoms with E-state index in [9.17, 15) is 13.2 Å². The summed E-state index contributed by atoms with van der Waals surface area (Å²) in [7, 11) is 2.02. The number of nitrogens with zero attached hydrogens (tertiary/aromatic N) is 2. The van der Waals surface area contributed by atoms with Gasteiger partial charge in [0.25, 0.3) is 0 Å². The lowest BCUT2D eigenvalue weighted by Crippen LogP contribution is -2.55. The van der Waals surface area contributed by atoms with Crippen LogP contribution in [0.5, 0.6) is 0 Å². The summed E-state index contributed by atoms with van der Waals surface area (Å²) >= 11 is 0. The molecule has 0 saturated carbocycles. The number of anilines is 1. The number of hydrogen-bond donors (Lipinski definition) is 0. The predicted molar refractivity (Wildman–Crippen MR) is 75.1 cm³/mol. The summed E-state index contributed by atoms with van der Waals surface area (Å²) in [5.41, 5.74) is 0.410. The molecule has 1 aliphatic rings. The highest BCUT2D eigenvalue weighted by atomic mass is 19.4. The first-order chi connectivity index (χ1) is 9.20. The van der Waals surface area contributed by atoms with Crippen molar-refractivity contribution in [1.29, 1.82) is 0 Å². The Morgan fingerprint density at radius 3 is 2.15 bits per heavy atom. The third kappa shape index (κ3) is 2.92. The minimum Gasteiger partial charge on any atom is -0.368 e. The molecule has 1 saturated heterocycles. The van der Waals surface area contributed by atoms with E-state index in [1.165, 1.54) is 6.07 Å². The van der Waals surface area contributed by atoms with Crippen LogP contribution in [-0.2, 0) is 6.18 Å². The number of piperazine rings is 1. The molecule has 5 heteroatoms. The van der Waals surface area contributed by atoms with Crippen molar-refractivity contribution >= 4 is 5.69 Å². The maximum Gasteiger partial charge on any atom is 0.418 e. The summed E-state index contributed by atoms with van der Waals surface area (Å²) in [5.74, 6) is 0. The minimum atomic E-state index is -4.31. The van der Waals surface area contributed by atoms with Gasteiger partial charge in [-0.15, -0.1) is 0 Å². The van der Waals surface area contributed by atoms with E-state index in [1.54, 1.807) is 19.1 Å². The highest BCUT2D eigenvalue weighted by Crippen LogP contribution is 2.38. The average molecular weight is 286 g/mol. The Morgan fingerprint density at radius 1 is 1.10 bits per heavy atom. The molecule has 2 unspecified atom stereocenters. The van der Waals surface area contributed by atoms with Gasteiger partial charge < -0.3 is 4.90 Å². The third-order valence-corrected chi connectivity index (χ3v) is 4.16. The van der Waals surface area contributed by atoms with Crippen molar-refractivity contribution in [3.63, 3.8) is 0 Å². The van der Waals surface area contributed by atoms with Crippen LogP contribution in [0, 0.1) is 6.92 Å². The number of halogens is 3. The standard InChI is InChI=1S/C15H21F3N2/c1-10-5-6-14(13(7-10)15(16,17)18)20-8-11(2)19(4)12(3)9-20/h5-7,11-12H,8-9H2,1-4H3. The first-order valence-electron chi connectivity index (χ1n) is 6.85. The molecule has 1 heterocycles. The van der Waals surface area contributed by atoms with Crippen LogP contribution in [0.2, 0.25) is 0 Å². The van der Waals surface area contributed by atoms with E-state index in [-0.39, 0.29) is 12.1 Å². The van der Waals surface area contributed by atoms with Gasteiger partial charge in [-0.1, -0.05) is 11.6 Å². The van der Waals surface area contributed by atoms with Crippen LogP contribution >= 0.6 is 0 Å². The Labute approximate surface area is 118 Å². The van der Waals surface area contributed by atoms with E-state index < -0.39 is 11.7 Å². The Kier molecular flexibility index (Phi) is 4.00. The first-order valence-corrected chi connectivity index (χ1v) is 6.85. The molecule has 0 bridgehead atoms. The van der Waals surface area contributed by atoms with Gasteiger partial charge in [-0.3, -0.25) is 4.90 Å². The topological polar surface area (TPSA) is 6.48 Å². The molecule has 2 atom stereocenters. The van der Waals surface area contributed by atoms with Gasteiger partial charge >= 0.3 is 6.18 Å². The second-order valence-electron chi connectivity index (χ2n) is 5.79. The second-order valence-corrected chi connectivity index (χ2v) is 5.79. The zero-order valence-electron chi connectivity index (χ0n) is 12.3. The van der Waals surface area contributed by atoms with E-state index in [1.807, 2.05) is 25.8 Å². The molecule has 0 aromatic heterocycles. The summed E-state index contributed by atoms with van der Waals surface area (Å²) in [5, 5.41) is 0. The maximum atomic E-state index is 13.2. The molecule has 0 amide bonds. The molecule has 0 radical (unpaired) electrons. The summed E-state index contributed by atoms with van der Waals surface area (Å²) in [6.45, 7) is 7.02. The van der Waals surface area contributed by atoms with Crippen molar-refractivity contribution in [3.8, 4) is 0 Å². The number of hydrogen-bond acceptors (Lipinski definition) is 2. The van der Waals surface area contributed by atoms with Crippen molar-refractivity contribution in [2.75, 3.05) is 25.0 Å². The summed E-state index contributed by atoms with van der Waals surface area (Å²) in [6.07, 6.45) is -4.31. The summed E-state index contributed by atoms with van der Waals surface area (Å²) in [6, 6.07) is 5.06. The predicted octanol–water partition coefficient (Wildman–Crippen LogP) is 3.54. The van der Waals surface area contributed by atoms with Crippen molar-refractivity contribution < 1.29 is 13.2 Å². The molecule has 2 nitrogen and oxygen atoms in total. The monoisotopic (exact) mass is 286 g/mol. The molecule has 1 aliphatic heterocycles. The Morgan fingerprint density at radius 2 is 1.65 bits per heavy atom. The highest BCUT2D eigenvalue weighted by molar-refractivity contribution is 5.57. The van der Waals surface area contributed by atoms with Crippen molar-refractivity contribution in [1.82, 2.24) is 4.90 Å². The van der Waals surface area contributed by atoms with Gasteiger partial charge in [0.05, 0.1) is 5.56 Å². The molecule has 1 aromatic carbocycles. The Bertz CT molecular complexity index is 472. The molecule has 112 valence electrons. The fourth-order valence-electron chi connectivity index (χ4n) is 2.75. The molecular weight excluding hydrogens is 265 g/mol. The van der Waals surface area contributed by atoms with Crippen LogP contribution in [0.1, 0.15) is 25.0 Å². The SMILES string of the molecule is Cc1ccc(N2CC(C)N(C)C(C)C2)c(C(F)(F)F)c1. The van der Waals surface area contributed by atoms with Crippen LogP contribution in [0.4, 0.5) is 18.9 Å². The van der Waals surface area contributed by atoms with E-state index in [0.29, 0.717) is 24.3 Å². The number of alkyl halides is 3. The second kappa shape index (κ2) is 5.28. The molecule has 1 fully saturated rings. The van der Waals surface area contributed by atoms with Gasteiger partial charge in [-0.2, -0.15) is 13.2 Å². The van der Waals surface area contributed by atoms with E-state index in [4.69, 9.17) is 0 Å².